The number of nitrogens with zero attached hydrogens (tertiary/aromatic N) is 2. The summed E-state index contributed by atoms with van der Waals surface area (Å²) in [4.78, 5) is 36.4. The number of aliphatic carboxylic acids is 1. The molecule has 2 atom stereocenters. The van der Waals surface area contributed by atoms with Gasteiger partial charge in [0.25, 0.3) is 5.91 Å². The molecule has 0 saturated heterocycles. The third-order valence-electron chi connectivity index (χ3n) is 3.78. The van der Waals surface area contributed by atoms with Crippen LogP contribution in [-0.4, -0.2) is 58.2 Å². The van der Waals surface area contributed by atoms with Gasteiger partial charge in [0, 0.05) is 13.6 Å². The minimum atomic E-state index is -0.954. The van der Waals surface area contributed by atoms with Gasteiger partial charge in [0.05, 0.1) is 11.8 Å². The van der Waals surface area contributed by atoms with Crippen molar-refractivity contribution in [3.05, 3.63) is 0 Å². The molecule has 7 nitrogen and oxygen atoms in total. The molecule has 1 aliphatic carbocycles. The van der Waals surface area contributed by atoms with Gasteiger partial charge < -0.3 is 10.0 Å². The van der Waals surface area contributed by atoms with Crippen LogP contribution in [0.1, 0.15) is 32.6 Å². The Morgan fingerprint density at radius 3 is 2.15 bits per heavy atom. The van der Waals surface area contributed by atoms with Crippen molar-refractivity contribution in [1.82, 2.24) is 9.96 Å². The molecule has 1 saturated carbocycles. The van der Waals surface area contributed by atoms with Crippen LogP contribution in [0.5, 0.6) is 0 Å². The first kappa shape index (κ1) is 16.4. The lowest BCUT2D eigenvalue weighted by molar-refractivity contribution is -0.164. The topological polar surface area (TPSA) is 98.2 Å². The van der Waals surface area contributed by atoms with E-state index in [9.17, 15) is 19.5 Å². The number of carboxylic acid groups (broad SMARTS) is 1. The van der Waals surface area contributed by atoms with Crippen LogP contribution < -0.4 is 0 Å². The number of hydroxylamine groups is 2. The van der Waals surface area contributed by atoms with Crippen LogP contribution in [0.4, 0.5) is 0 Å². The fourth-order valence-electron chi connectivity index (χ4n) is 2.57. The van der Waals surface area contributed by atoms with Gasteiger partial charge in [0.1, 0.15) is 6.54 Å². The van der Waals surface area contributed by atoms with E-state index >= 15 is 0 Å². The molecule has 2 amide bonds. The Bertz CT molecular complexity index is 383. The van der Waals surface area contributed by atoms with Gasteiger partial charge in [-0.25, -0.2) is 5.06 Å². The van der Waals surface area contributed by atoms with E-state index < -0.39 is 23.7 Å². The van der Waals surface area contributed by atoms with Gasteiger partial charge >= 0.3 is 5.97 Å². The lowest BCUT2D eigenvalue weighted by Crippen LogP contribution is -2.46. The molecule has 1 rings (SSSR count). The quantitative estimate of drug-likeness (QED) is 0.569. The lowest BCUT2D eigenvalue weighted by atomic mass is 9.78. The van der Waals surface area contributed by atoms with Crippen LogP contribution in [0.3, 0.4) is 0 Å². The zero-order chi connectivity index (χ0) is 15.3. The van der Waals surface area contributed by atoms with Crippen molar-refractivity contribution in [3.8, 4) is 0 Å². The molecule has 20 heavy (non-hydrogen) atoms. The minimum Gasteiger partial charge on any atom is -0.481 e. The Hall–Kier alpha value is -1.63. The summed E-state index contributed by atoms with van der Waals surface area (Å²) in [6, 6.07) is 0. The molecule has 0 bridgehead atoms. The Morgan fingerprint density at radius 2 is 1.70 bits per heavy atom. The summed E-state index contributed by atoms with van der Waals surface area (Å²) in [5, 5.41) is 18.7. The summed E-state index contributed by atoms with van der Waals surface area (Å²) in [7, 11) is 1.20. The maximum Gasteiger partial charge on any atom is 0.307 e. The molecule has 0 aromatic carbocycles. The number of rotatable bonds is 5. The van der Waals surface area contributed by atoms with E-state index in [0.717, 1.165) is 12.8 Å². The molecule has 1 fully saturated rings. The SMILES string of the molecule is CCN(CC(=O)N(C)O)C(=O)[C@@H]1CCCC[C@H]1C(=O)O. The van der Waals surface area contributed by atoms with E-state index in [1.165, 1.54) is 11.9 Å². The third kappa shape index (κ3) is 3.93. The monoisotopic (exact) mass is 286 g/mol. The van der Waals surface area contributed by atoms with E-state index in [1.807, 2.05) is 0 Å². The van der Waals surface area contributed by atoms with Gasteiger partial charge in [-0.15, -0.1) is 0 Å². The van der Waals surface area contributed by atoms with Crippen molar-refractivity contribution in [2.24, 2.45) is 11.8 Å². The van der Waals surface area contributed by atoms with Crippen LogP contribution in [0.15, 0.2) is 0 Å². The minimum absolute atomic E-state index is 0.231. The lowest BCUT2D eigenvalue weighted by Gasteiger charge is -2.32. The van der Waals surface area contributed by atoms with Crippen LogP contribution >= 0.6 is 0 Å². The van der Waals surface area contributed by atoms with Gasteiger partial charge in [-0.3, -0.25) is 19.6 Å². The smallest absolute Gasteiger partial charge is 0.307 e. The second-order valence-electron chi connectivity index (χ2n) is 5.11. The predicted molar refractivity (Wildman–Crippen MR) is 69.9 cm³/mol. The zero-order valence-corrected chi connectivity index (χ0v) is 11.9. The molecule has 114 valence electrons. The first-order valence-electron chi connectivity index (χ1n) is 6.85. The van der Waals surface area contributed by atoms with Crippen molar-refractivity contribution in [2.45, 2.75) is 32.6 Å². The maximum absolute atomic E-state index is 12.4. The van der Waals surface area contributed by atoms with E-state index in [1.54, 1.807) is 6.92 Å². The number of hydrogen-bond donors (Lipinski definition) is 2. The number of carbonyl (C=O) groups excluding carboxylic acids is 2. The van der Waals surface area contributed by atoms with Gasteiger partial charge in [-0.05, 0) is 19.8 Å². The highest BCUT2D eigenvalue weighted by atomic mass is 16.5. The molecule has 0 unspecified atom stereocenters. The molecule has 2 N–H and O–H groups in total. The number of amides is 2. The van der Waals surface area contributed by atoms with Crippen molar-refractivity contribution in [1.29, 1.82) is 0 Å². The average Bonchev–Trinajstić information content (AvgIpc) is 2.43. The highest BCUT2D eigenvalue weighted by molar-refractivity contribution is 5.88. The summed E-state index contributed by atoms with van der Waals surface area (Å²) in [6.07, 6.45) is 2.67. The fourth-order valence-corrected chi connectivity index (χ4v) is 2.57. The summed E-state index contributed by atoms with van der Waals surface area (Å²) >= 11 is 0. The van der Waals surface area contributed by atoms with Crippen molar-refractivity contribution < 1.29 is 24.7 Å². The molecule has 0 spiro atoms. The van der Waals surface area contributed by atoms with Gasteiger partial charge in [-0.1, -0.05) is 12.8 Å². The zero-order valence-electron chi connectivity index (χ0n) is 11.9. The number of carboxylic acids is 1. The first-order valence-corrected chi connectivity index (χ1v) is 6.85. The Balaban J connectivity index is 2.78. The van der Waals surface area contributed by atoms with E-state index in [2.05, 4.69) is 0 Å². The molecule has 0 aliphatic heterocycles. The Labute approximate surface area is 118 Å². The second-order valence-corrected chi connectivity index (χ2v) is 5.11. The normalized spacial score (nSPS) is 22.1. The molecule has 0 radical (unpaired) electrons. The fraction of sp³-hybridized carbons (Fsp3) is 0.769. The van der Waals surface area contributed by atoms with Crippen LogP contribution in [0.2, 0.25) is 0 Å². The van der Waals surface area contributed by atoms with E-state index in [4.69, 9.17) is 5.21 Å². The van der Waals surface area contributed by atoms with Crippen molar-refractivity contribution >= 4 is 17.8 Å². The van der Waals surface area contributed by atoms with Gasteiger partial charge in [0.2, 0.25) is 5.91 Å². The predicted octanol–water partition coefficient (Wildman–Crippen LogP) is 0.574. The van der Waals surface area contributed by atoms with Crippen LogP contribution in [-0.2, 0) is 14.4 Å². The van der Waals surface area contributed by atoms with Crippen molar-refractivity contribution in [3.63, 3.8) is 0 Å². The Morgan fingerprint density at radius 1 is 1.15 bits per heavy atom. The Kier molecular flexibility index (Phi) is 5.94. The molecule has 0 aromatic rings. The van der Waals surface area contributed by atoms with Gasteiger partial charge in [-0.2, -0.15) is 0 Å². The van der Waals surface area contributed by atoms with Crippen LogP contribution in [0.25, 0.3) is 0 Å². The van der Waals surface area contributed by atoms with Crippen molar-refractivity contribution in [2.75, 3.05) is 20.1 Å². The molecule has 0 heterocycles. The summed E-state index contributed by atoms with van der Waals surface area (Å²) in [6.45, 7) is 1.80. The maximum atomic E-state index is 12.4. The highest BCUT2D eigenvalue weighted by Gasteiger charge is 2.38. The number of hydrogen-bond acceptors (Lipinski definition) is 4. The number of carbonyl (C=O) groups is 3. The standard InChI is InChI=1S/C13H22N2O5/c1-3-15(8-11(16)14(2)20)12(17)9-6-4-5-7-10(9)13(18)19/h9-10,20H,3-8H2,1-2H3,(H,18,19)/t9-,10-/m1/s1. The summed E-state index contributed by atoms with van der Waals surface area (Å²) in [5.41, 5.74) is 0. The molecule has 7 heteroatoms. The van der Waals surface area contributed by atoms with Gasteiger partial charge in [0.15, 0.2) is 0 Å². The van der Waals surface area contributed by atoms with Crippen LogP contribution in [0, 0.1) is 11.8 Å². The van der Waals surface area contributed by atoms with E-state index in [-0.39, 0.29) is 12.5 Å². The third-order valence-corrected chi connectivity index (χ3v) is 3.78. The summed E-state index contributed by atoms with van der Waals surface area (Å²) < 4.78 is 0. The largest absolute Gasteiger partial charge is 0.481 e. The molecule has 1 aliphatic rings. The molecular weight excluding hydrogens is 264 g/mol. The average molecular weight is 286 g/mol. The van der Waals surface area contributed by atoms with E-state index in [0.29, 0.717) is 24.4 Å². The first-order chi connectivity index (χ1) is 9.38. The highest BCUT2D eigenvalue weighted by Crippen LogP contribution is 2.31. The second kappa shape index (κ2) is 7.23. The molecular formula is C13H22N2O5. The summed E-state index contributed by atoms with van der Waals surface area (Å²) in [5.74, 6) is -3.10. The molecule has 0 aromatic heterocycles. The number of likely N-dealkylation sites (N-methyl/N-ethyl adjacent to an activating group) is 2.